The Hall–Kier alpha value is -0.730. The second kappa shape index (κ2) is 9.54. The Morgan fingerprint density at radius 2 is 1.96 bits per heavy atom. The first kappa shape index (κ1) is 20.3. The van der Waals surface area contributed by atoms with Gasteiger partial charge in [0.15, 0.2) is 5.96 Å². The zero-order valence-corrected chi connectivity index (χ0v) is 16.7. The van der Waals surface area contributed by atoms with Gasteiger partial charge in [0.05, 0.1) is 6.61 Å². The van der Waals surface area contributed by atoms with Crippen LogP contribution in [0.2, 0.25) is 0 Å². The number of rotatable bonds is 4. The minimum Gasteiger partial charge on any atom is -0.450 e. The number of likely N-dealkylation sites (tertiary alicyclic amines) is 1. The average molecular weight is 438 g/mol. The number of nitrogens with zero attached hydrogens (tertiary/aromatic N) is 2. The van der Waals surface area contributed by atoms with E-state index in [1.165, 1.54) is 25.7 Å². The Bertz CT molecular complexity index is 403. The number of carbonyl (C=O) groups is 1. The van der Waals surface area contributed by atoms with Crippen molar-refractivity contribution in [1.82, 2.24) is 10.2 Å². The maximum Gasteiger partial charge on any atom is 0.409 e. The van der Waals surface area contributed by atoms with E-state index in [-0.39, 0.29) is 30.1 Å². The summed E-state index contributed by atoms with van der Waals surface area (Å²) in [4.78, 5) is 17.9. The third-order valence-electron chi connectivity index (χ3n) is 4.81. The zero-order chi connectivity index (χ0) is 16.0. The summed E-state index contributed by atoms with van der Waals surface area (Å²) in [5.41, 5.74) is 6.35. The molecule has 0 unspecified atom stereocenters. The van der Waals surface area contributed by atoms with Gasteiger partial charge in [-0.2, -0.15) is 0 Å². The highest BCUT2D eigenvalue weighted by atomic mass is 127. The van der Waals surface area contributed by atoms with E-state index >= 15 is 0 Å². The van der Waals surface area contributed by atoms with E-state index in [0.29, 0.717) is 37.1 Å². The van der Waals surface area contributed by atoms with Crippen molar-refractivity contribution in [2.75, 3.05) is 26.2 Å². The van der Waals surface area contributed by atoms with Gasteiger partial charge in [0.2, 0.25) is 0 Å². The average Bonchev–Trinajstić information content (AvgIpc) is 2.94. The van der Waals surface area contributed by atoms with Crippen molar-refractivity contribution in [3.05, 3.63) is 0 Å². The lowest BCUT2D eigenvalue weighted by Gasteiger charge is -2.32. The molecule has 7 heteroatoms. The van der Waals surface area contributed by atoms with Gasteiger partial charge in [0.1, 0.15) is 0 Å². The van der Waals surface area contributed by atoms with Crippen LogP contribution in [0.25, 0.3) is 0 Å². The lowest BCUT2D eigenvalue weighted by molar-refractivity contribution is 0.0963. The minimum absolute atomic E-state index is 0. The van der Waals surface area contributed by atoms with Crippen molar-refractivity contribution in [3.8, 4) is 0 Å². The second-order valence-electron chi connectivity index (χ2n) is 6.82. The number of nitrogens with two attached hydrogens (primary N) is 1. The first-order valence-electron chi connectivity index (χ1n) is 8.50. The van der Waals surface area contributed by atoms with Gasteiger partial charge in [-0.1, -0.05) is 19.8 Å². The molecule has 0 aromatic carbocycles. The van der Waals surface area contributed by atoms with Crippen LogP contribution in [-0.2, 0) is 4.74 Å². The van der Waals surface area contributed by atoms with E-state index in [2.05, 4.69) is 17.2 Å². The van der Waals surface area contributed by atoms with Crippen LogP contribution >= 0.6 is 24.0 Å². The molecule has 0 aromatic rings. The fourth-order valence-corrected chi connectivity index (χ4v) is 3.34. The fourth-order valence-electron chi connectivity index (χ4n) is 3.34. The quantitative estimate of drug-likeness (QED) is 0.402. The number of piperidine rings is 1. The van der Waals surface area contributed by atoms with Gasteiger partial charge >= 0.3 is 6.09 Å². The highest BCUT2D eigenvalue weighted by molar-refractivity contribution is 14.0. The molecule has 2 aliphatic rings. The van der Waals surface area contributed by atoms with Crippen molar-refractivity contribution in [1.29, 1.82) is 0 Å². The van der Waals surface area contributed by atoms with Crippen LogP contribution in [0, 0.1) is 5.41 Å². The largest absolute Gasteiger partial charge is 0.450 e. The summed E-state index contributed by atoms with van der Waals surface area (Å²) in [6.45, 7) is 6.79. The van der Waals surface area contributed by atoms with Crippen LogP contribution in [0.4, 0.5) is 4.79 Å². The summed E-state index contributed by atoms with van der Waals surface area (Å²) in [5, 5.41) is 3.30. The Labute approximate surface area is 156 Å². The number of guanidine groups is 1. The molecule has 2 rings (SSSR count). The summed E-state index contributed by atoms with van der Waals surface area (Å²) in [7, 11) is 0. The van der Waals surface area contributed by atoms with Crippen LogP contribution in [0.3, 0.4) is 0 Å². The van der Waals surface area contributed by atoms with Gasteiger partial charge in [0.25, 0.3) is 0 Å². The van der Waals surface area contributed by atoms with Gasteiger partial charge < -0.3 is 20.7 Å². The Kier molecular flexibility index (Phi) is 8.42. The summed E-state index contributed by atoms with van der Waals surface area (Å²) >= 11 is 0. The number of amides is 1. The minimum atomic E-state index is -0.211. The molecular weight excluding hydrogens is 407 g/mol. The van der Waals surface area contributed by atoms with Gasteiger partial charge in [-0.15, -0.1) is 24.0 Å². The number of nitrogens with one attached hydrogen (secondary N) is 1. The molecule has 0 aromatic heterocycles. The van der Waals surface area contributed by atoms with Gasteiger partial charge in [0, 0.05) is 25.7 Å². The molecule has 23 heavy (non-hydrogen) atoms. The number of carbonyl (C=O) groups excluding carboxylic acids is 1. The maximum atomic E-state index is 11.6. The molecule has 1 saturated carbocycles. The molecule has 3 N–H and O–H groups in total. The van der Waals surface area contributed by atoms with Crippen LogP contribution in [0.15, 0.2) is 4.99 Å². The predicted molar refractivity (Wildman–Crippen MR) is 103 cm³/mol. The molecular formula is C16H31IN4O2. The molecule has 1 saturated heterocycles. The highest BCUT2D eigenvalue weighted by Gasteiger charge is 2.28. The summed E-state index contributed by atoms with van der Waals surface area (Å²) < 4.78 is 5.02. The van der Waals surface area contributed by atoms with Gasteiger partial charge in [-0.25, -0.2) is 4.79 Å². The van der Waals surface area contributed by atoms with Crippen molar-refractivity contribution in [2.24, 2.45) is 16.1 Å². The van der Waals surface area contributed by atoms with Crippen molar-refractivity contribution >= 4 is 36.0 Å². The van der Waals surface area contributed by atoms with Crippen molar-refractivity contribution in [2.45, 2.75) is 58.4 Å². The SMILES string of the molecule is CCOC(=O)N1CCC(NC(N)=NCC2(C)CCCC2)CC1.I. The smallest absolute Gasteiger partial charge is 0.409 e. The normalized spacial score (nSPS) is 21.7. The number of aliphatic imine (C=N–C) groups is 1. The molecule has 0 spiro atoms. The van der Waals surface area contributed by atoms with E-state index in [1.54, 1.807) is 4.90 Å². The molecule has 1 aliphatic heterocycles. The first-order chi connectivity index (χ1) is 10.5. The molecule has 6 nitrogen and oxygen atoms in total. The fraction of sp³-hybridized carbons (Fsp3) is 0.875. The third-order valence-corrected chi connectivity index (χ3v) is 4.81. The molecule has 1 heterocycles. The Morgan fingerprint density at radius 1 is 1.35 bits per heavy atom. The standard InChI is InChI=1S/C16H30N4O2.HI/c1-3-22-15(21)20-10-6-13(7-11-20)19-14(17)18-12-16(2)8-4-5-9-16;/h13H,3-12H2,1-2H3,(H3,17,18,19);1H. The highest BCUT2D eigenvalue weighted by Crippen LogP contribution is 2.37. The number of hydrogen-bond acceptors (Lipinski definition) is 3. The molecule has 134 valence electrons. The molecule has 0 radical (unpaired) electrons. The first-order valence-corrected chi connectivity index (χ1v) is 8.50. The van der Waals surface area contributed by atoms with Crippen molar-refractivity contribution in [3.63, 3.8) is 0 Å². The molecule has 0 atom stereocenters. The van der Waals surface area contributed by atoms with E-state index in [1.807, 2.05) is 6.92 Å². The van der Waals surface area contributed by atoms with Gasteiger partial charge in [-0.3, -0.25) is 4.99 Å². The summed E-state index contributed by atoms with van der Waals surface area (Å²) in [5.74, 6) is 0.544. The Balaban J connectivity index is 0.00000264. The van der Waals surface area contributed by atoms with Crippen molar-refractivity contribution < 1.29 is 9.53 Å². The topological polar surface area (TPSA) is 80.0 Å². The molecule has 0 bridgehead atoms. The zero-order valence-electron chi connectivity index (χ0n) is 14.3. The monoisotopic (exact) mass is 438 g/mol. The van der Waals surface area contributed by atoms with E-state index in [9.17, 15) is 4.79 Å². The molecule has 1 amide bonds. The maximum absolute atomic E-state index is 11.6. The number of ether oxygens (including phenoxy) is 1. The van der Waals surface area contributed by atoms with E-state index in [0.717, 1.165) is 19.4 Å². The number of hydrogen-bond donors (Lipinski definition) is 2. The van der Waals surface area contributed by atoms with Crippen LogP contribution in [0.1, 0.15) is 52.4 Å². The van der Waals surface area contributed by atoms with Crippen LogP contribution in [0.5, 0.6) is 0 Å². The Morgan fingerprint density at radius 3 is 2.52 bits per heavy atom. The molecule has 1 aliphatic carbocycles. The predicted octanol–water partition coefficient (Wildman–Crippen LogP) is 2.71. The lowest BCUT2D eigenvalue weighted by atomic mass is 9.89. The van der Waals surface area contributed by atoms with Crippen LogP contribution < -0.4 is 11.1 Å². The third kappa shape index (κ3) is 6.35. The van der Waals surface area contributed by atoms with E-state index in [4.69, 9.17) is 10.5 Å². The lowest BCUT2D eigenvalue weighted by Crippen LogP contribution is -2.48. The number of halogens is 1. The van der Waals surface area contributed by atoms with E-state index < -0.39 is 0 Å². The summed E-state index contributed by atoms with van der Waals surface area (Å²) in [6.07, 6.45) is 6.68. The van der Waals surface area contributed by atoms with Gasteiger partial charge in [-0.05, 0) is 38.0 Å². The summed E-state index contributed by atoms with van der Waals surface area (Å²) in [6, 6.07) is 0.297. The molecule has 2 fully saturated rings. The van der Waals surface area contributed by atoms with Crippen LogP contribution in [-0.4, -0.2) is 49.2 Å². The second-order valence-corrected chi connectivity index (χ2v) is 6.82.